The van der Waals surface area contributed by atoms with Crippen LogP contribution in [0.15, 0.2) is 40.9 Å². The molecule has 90 valence electrons. The van der Waals surface area contributed by atoms with E-state index in [1.54, 1.807) is 30.3 Å². The third-order valence-electron chi connectivity index (χ3n) is 2.32. The normalized spacial score (nSPS) is 9.89. The summed E-state index contributed by atoms with van der Waals surface area (Å²) in [5.41, 5.74) is 1.48. The van der Waals surface area contributed by atoms with E-state index in [1.165, 1.54) is 6.07 Å². The van der Waals surface area contributed by atoms with Crippen molar-refractivity contribution in [1.82, 2.24) is 0 Å². The fraction of sp³-hybridized carbons (Fsp3) is 0. The number of halogens is 3. The number of anilines is 2. The Morgan fingerprint density at radius 3 is 2.72 bits per heavy atom. The van der Waals surface area contributed by atoms with Crippen LogP contribution < -0.4 is 5.32 Å². The van der Waals surface area contributed by atoms with Gasteiger partial charge in [0, 0.05) is 10.2 Å². The highest BCUT2D eigenvalue weighted by molar-refractivity contribution is 9.10. The van der Waals surface area contributed by atoms with Crippen molar-refractivity contribution in [1.29, 1.82) is 5.26 Å². The highest BCUT2D eigenvalue weighted by Crippen LogP contribution is 2.27. The summed E-state index contributed by atoms with van der Waals surface area (Å²) in [6.45, 7) is 0. The maximum absolute atomic E-state index is 13.7. The van der Waals surface area contributed by atoms with E-state index in [4.69, 9.17) is 16.9 Å². The van der Waals surface area contributed by atoms with Crippen molar-refractivity contribution in [2.45, 2.75) is 0 Å². The fourth-order valence-electron chi connectivity index (χ4n) is 1.44. The van der Waals surface area contributed by atoms with Crippen molar-refractivity contribution >= 4 is 38.9 Å². The van der Waals surface area contributed by atoms with E-state index in [9.17, 15) is 4.39 Å². The summed E-state index contributed by atoms with van der Waals surface area (Å²) in [5.74, 6) is -0.500. The Kier molecular flexibility index (Phi) is 3.85. The number of rotatable bonds is 2. The molecular formula is C13H7BrClFN2. The lowest BCUT2D eigenvalue weighted by atomic mass is 10.2. The number of nitriles is 1. The van der Waals surface area contributed by atoms with Crippen molar-refractivity contribution in [3.8, 4) is 6.07 Å². The Balaban J connectivity index is 2.32. The Bertz CT molecular complexity index is 637. The van der Waals surface area contributed by atoms with E-state index < -0.39 is 5.82 Å². The number of nitrogens with zero attached hydrogens (tertiary/aromatic N) is 1. The summed E-state index contributed by atoms with van der Waals surface area (Å²) >= 11 is 8.96. The SMILES string of the molecule is N#Cc1ccc(Nc2cccc(Cl)c2F)cc1Br. The van der Waals surface area contributed by atoms with Gasteiger partial charge in [0.1, 0.15) is 6.07 Å². The van der Waals surface area contributed by atoms with E-state index in [-0.39, 0.29) is 5.02 Å². The van der Waals surface area contributed by atoms with Gasteiger partial charge in [0.15, 0.2) is 5.82 Å². The van der Waals surface area contributed by atoms with E-state index in [0.29, 0.717) is 21.4 Å². The molecule has 0 spiro atoms. The average molecular weight is 326 g/mol. The molecule has 18 heavy (non-hydrogen) atoms. The zero-order chi connectivity index (χ0) is 13.1. The standard InChI is InChI=1S/C13H7BrClFN2/c14-10-6-9(5-4-8(10)7-17)18-12-3-1-2-11(15)13(12)16/h1-6,18H. The summed E-state index contributed by atoms with van der Waals surface area (Å²) in [5, 5.41) is 11.8. The van der Waals surface area contributed by atoms with Gasteiger partial charge in [0.2, 0.25) is 0 Å². The number of benzene rings is 2. The maximum atomic E-state index is 13.7. The minimum absolute atomic E-state index is 0.0627. The molecule has 0 aliphatic rings. The van der Waals surface area contributed by atoms with E-state index in [1.807, 2.05) is 6.07 Å². The van der Waals surface area contributed by atoms with Crippen LogP contribution in [-0.2, 0) is 0 Å². The monoisotopic (exact) mass is 324 g/mol. The quantitative estimate of drug-likeness (QED) is 0.856. The zero-order valence-corrected chi connectivity index (χ0v) is 11.4. The minimum Gasteiger partial charge on any atom is -0.353 e. The van der Waals surface area contributed by atoms with Gasteiger partial charge in [-0.05, 0) is 46.3 Å². The van der Waals surface area contributed by atoms with E-state index in [0.717, 1.165) is 0 Å². The molecule has 5 heteroatoms. The molecule has 0 saturated heterocycles. The van der Waals surface area contributed by atoms with Gasteiger partial charge in [-0.15, -0.1) is 0 Å². The number of nitrogens with one attached hydrogen (secondary N) is 1. The van der Waals surface area contributed by atoms with Crippen molar-refractivity contribution < 1.29 is 4.39 Å². The molecule has 2 aromatic rings. The van der Waals surface area contributed by atoms with Crippen LogP contribution in [0.5, 0.6) is 0 Å². The predicted octanol–water partition coefficient (Wildman–Crippen LogP) is 4.86. The molecule has 0 bridgehead atoms. The summed E-state index contributed by atoms with van der Waals surface area (Å²) in [6.07, 6.45) is 0. The van der Waals surface area contributed by atoms with Crippen molar-refractivity contribution in [3.05, 3.63) is 57.3 Å². The second-order valence-corrected chi connectivity index (χ2v) is 4.79. The lowest BCUT2D eigenvalue weighted by Crippen LogP contribution is -1.94. The molecule has 0 aromatic heterocycles. The topological polar surface area (TPSA) is 35.8 Å². The molecule has 0 aliphatic carbocycles. The second-order valence-electron chi connectivity index (χ2n) is 3.53. The Morgan fingerprint density at radius 1 is 1.28 bits per heavy atom. The molecule has 2 rings (SSSR count). The second kappa shape index (κ2) is 5.38. The van der Waals surface area contributed by atoms with Crippen LogP contribution in [-0.4, -0.2) is 0 Å². The van der Waals surface area contributed by atoms with E-state index >= 15 is 0 Å². The molecule has 0 radical (unpaired) electrons. The number of hydrogen-bond donors (Lipinski definition) is 1. The highest BCUT2D eigenvalue weighted by Gasteiger charge is 2.07. The van der Waals surface area contributed by atoms with Gasteiger partial charge < -0.3 is 5.32 Å². The summed E-state index contributed by atoms with van der Waals surface area (Å²) in [6, 6.07) is 11.8. The first-order valence-corrected chi connectivity index (χ1v) is 6.19. The largest absolute Gasteiger partial charge is 0.353 e. The molecule has 0 heterocycles. The molecule has 0 saturated carbocycles. The van der Waals surface area contributed by atoms with Crippen LogP contribution in [0.2, 0.25) is 5.02 Å². The van der Waals surface area contributed by atoms with E-state index in [2.05, 4.69) is 21.2 Å². The molecule has 2 aromatic carbocycles. The predicted molar refractivity (Wildman–Crippen MR) is 73.5 cm³/mol. The van der Waals surface area contributed by atoms with Crippen molar-refractivity contribution in [3.63, 3.8) is 0 Å². The smallest absolute Gasteiger partial charge is 0.165 e. The van der Waals surface area contributed by atoms with Crippen molar-refractivity contribution in [2.24, 2.45) is 0 Å². The maximum Gasteiger partial charge on any atom is 0.165 e. The van der Waals surface area contributed by atoms with Gasteiger partial charge in [0.05, 0.1) is 16.3 Å². The van der Waals surface area contributed by atoms with Crippen LogP contribution in [0.3, 0.4) is 0 Å². The zero-order valence-electron chi connectivity index (χ0n) is 9.05. The van der Waals surface area contributed by atoms with Gasteiger partial charge in [-0.1, -0.05) is 17.7 Å². The molecule has 0 atom stereocenters. The first-order valence-electron chi connectivity index (χ1n) is 5.02. The lowest BCUT2D eigenvalue weighted by Gasteiger charge is -2.09. The molecule has 0 amide bonds. The summed E-state index contributed by atoms with van der Waals surface area (Å²) in [4.78, 5) is 0. The van der Waals surface area contributed by atoms with Gasteiger partial charge in [-0.2, -0.15) is 5.26 Å². The van der Waals surface area contributed by atoms with Gasteiger partial charge in [0.25, 0.3) is 0 Å². The lowest BCUT2D eigenvalue weighted by molar-refractivity contribution is 0.632. The Morgan fingerprint density at radius 2 is 2.06 bits per heavy atom. The molecule has 1 N–H and O–H groups in total. The highest BCUT2D eigenvalue weighted by atomic mass is 79.9. The molecular weight excluding hydrogens is 319 g/mol. The third-order valence-corrected chi connectivity index (χ3v) is 3.27. The van der Waals surface area contributed by atoms with Crippen LogP contribution in [0.25, 0.3) is 0 Å². The first kappa shape index (κ1) is 12.9. The minimum atomic E-state index is -0.500. The molecule has 0 aliphatic heterocycles. The van der Waals surface area contributed by atoms with Gasteiger partial charge in [-0.25, -0.2) is 4.39 Å². The Hall–Kier alpha value is -1.57. The Labute approximate surface area is 117 Å². The first-order chi connectivity index (χ1) is 8.61. The molecule has 0 unspecified atom stereocenters. The van der Waals surface area contributed by atoms with Crippen LogP contribution >= 0.6 is 27.5 Å². The summed E-state index contributed by atoms with van der Waals surface area (Å²) in [7, 11) is 0. The van der Waals surface area contributed by atoms with Crippen LogP contribution in [0.1, 0.15) is 5.56 Å². The number of hydrogen-bond acceptors (Lipinski definition) is 2. The van der Waals surface area contributed by atoms with Crippen LogP contribution in [0, 0.1) is 17.1 Å². The molecule has 2 nitrogen and oxygen atoms in total. The van der Waals surface area contributed by atoms with Gasteiger partial charge in [-0.3, -0.25) is 0 Å². The van der Waals surface area contributed by atoms with Gasteiger partial charge >= 0.3 is 0 Å². The molecule has 0 fully saturated rings. The summed E-state index contributed by atoms with van der Waals surface area (Å²) < 4.78 is 14.3. The third kappa shape index (κ3) is 2.63. The van der Waals surface area contributed by atoms with Crippen LogP contribution in [0.4, 0.5) is 15.8 Å². The average Bonchev–Trinajstić information content (AvgIpc) is 2.35. The fourth-order valence-corrected chi connectivity index (χ4v) is 2.08. The van der Waals surface area contributed by atoms with Crippen molar-refractivity contribution in [2.75, 3.05) is 5.32 Å².